The molecule has 1 fully saturated rings. The van der Waals surface area contributed by atoms with Gasteiger partial charge in [-0.15, -0.1) is 12.4 Å². The summed E-state index contributed by atoms with van der Waals surface area (Å²) < 4.78 is 7.66. The summed E-state index contributed by atoms with van der Waals surface area (Å²) in [6.45, 7) is 3.85. The van der Waals surface area contributed by atoms with Gasteiger partial charge in [-0.05, 0) is 27.6 Å². The topological polar surface area (TPSA) is 63.6 Å². The number of pyridine rings is 1. The molecule has 2 heterocycles. The van der Waals surface area contributed by atoms with Gasteiger partial charge in [0.2, 0.25) is 5.91 Å². The number of carbonyl (C=O) groups is 1. The lowest BCUT2D eigenvalue weighted by Crippen LogP contribution is -2.46. The van der Waals surface area contributed by atoms with E-state index in [9.17, 15) is 9.59 Å². The molecule has 1 N–H and O–H groups in total. The fourth-order valence-corrected chi connectivity index (χ4v) is 3.32. The van der Waals surface area contributed by atoms with Crippen molar-refractivity contribution in [2.75, 3.05) is 26.2 Å². The van der Waals surface area contributed by atoms with E-state index in [0.717, 1.165) is 31.7 Å². The number of rotatable bonds is 6. The van der Waals surface area contributed by atoms with Crippen LogP contribution in [0.15, 0.2) is 51.9 Å². The van der Waals surface area contributed by atoms with Crippen molar-refractivity contribution in [1.82, 2.24) is 14.8 Å². The highest BCUT2D eigenvalue weighted by Gasteiger charge is 2.16. The second kappa shape index (κ2) is 10.5. The Morgan fingerprint density at radius 3 is 2.56 bits per heavy atom. The van der Waals surface area contributed by atoms with Gasteiger partial charge in [0.1, 0.15) is 16.8 Å². The van der Waals surface area contributed by atoms with E-state index in [1.807, 2.05) is 35.2 Å². The molecular weight excluding hydrogens is 434 g/mol. The summed E-state index contributed by atoms with van der Waals surface area (Å²) in [6.07, 6.45) is 2.00. The zero-order valence-electron chi connectivity index (χ0n) is 14.9. The van der Waals surface area contributed by atoms with Gasteiger partial charge in [0.25, 0.3) is 5.56 Å². The third-order valence-corrected chi connectivity index (χ3v) is 5.07. The summed E-state index contributed by atoms with van der Waals surface area (Å²) in [5.74, 6) is 0.586. The van der Waals surface area contributed by atoms with E-state index in [0.29, 0.717) is 29.8 Å². The predicted molar refractivity (Wildman–Crippen MR) is 110 cm³/mol. The van der Waals surface area contributed by atoms with Crippen LogP contribution in [0, 0.1) is 0 Å². The number of amides is 1. The van der Waals surface area contributed by atoms with Gasteiger partial charge in [0, 0.05) is 45.3 Å². The van der Waals surface area contributed by atoms with E-state index in [1.165, 1.54) is 0 Å². The number of piperazine rings is 1. The lowest BCUT2D eigenvalue weighted by atomic mass is 10.2. The molecule has 0 unspecified atom stereocenters. The fraction of sp³-hybridized carbons (Fsp3) is 0.368. The van der Waals surface area contributed by atoms with Crippen LogP contribution >= 0.6 is 28.3 Å². The minimum Gasteiger partial charge on any atom is -0.487 e. The number of benzene rings is 1. The van der Waals surface area contributed by atoms with E-state index in [-0.39, 0.29) is 23.9 Å². The van der Waals surface area contributed by atoms with Gasteiger partial charge in [0.05, 0.1) is 0 Å². The molecule has 1 saturated heterocycles. The number of aryl methyl sites for hydroxylation is 1. The molecular formula is C19H23BrClN3O3. The zero-order valence-corrected chi connectivity index (χ0v) is 17.3. The van der Waals surface area contributed by atoms with E-state index < -0.39 is 0 Å². The van der Waals surface area contributed by atoms with Crippen LogP contribution in [0.2, 0.25) is 0 Å². The second-order valence-corrected chi connectivity index (χ2v) is 6.94. The van der Waals surface area contributed by atoms with Crippen LogP contribution in [0.25, 0.3) is 0 Å². The third-order valence-electron chi connectivity index (χ3n) is 4.34. The molecule has 0 bridgehead atoms. The van der Waals surface area contributed by atoms with Crippen molar-refractivity contribution >= 4 is 34.2 Å². The number of hydrogen-bond donors (Lipinski definition) is 1. The third kappa shape index (κ3) is 5.82. The highest BCUT2D eigenvalue weighted by molar-refractivity contribution is 9.10. The normalized spacial score (nSPS) is 13.7. The Labute approximate surface area is 173 Å². The first-order valence-corrected chi connectivity index (χ1v) is 9.48. The molecule has 8 heteroatoms. The van der Waals surface area contributed by atoms with Gasteiger partial charge in [-0.1, -0.05) is 30.3 Å². The van der Waals surface area contributed by atoms with Crippen molar-refractivity contribution in [3.05, 3.63) is 63.0 Å². The van der Waals surface area contributed by atoms with Crippen molar-refractivity contribution in [1.29, 1.82) is 0 Å². The van der Waals surface area contributed by atoms with Crippen LogP contribution in [-0.2, 0) is 17.9 Å². The molecule has 0 spiro atoms. The smallest absolute Gasteiger partial charge is 0.268 e. The summed E-state index contributed by atoms with van der Waals surface area (Å²) >= 11 is 3.33. The van der Waals surface area contributed by atoms with Crippen LogP contribution in [0.3, 0.4) is 0 Å². The maximum Gasteiger partial charge on any atom is 0.268 e. The van der Waals surface area contributed by atoms with Crippen molar-refractivity contribution in [3.63, 3.8) is 0 Å². The van der Waals surface area contributed by atoms with E-state index >= 15 is 0 Å². The minimum atomic E-state index is -0.191. The molecule has 1 amide bonds. The van der Waals surface area contributed by atoms with E-state index in [2.05, 4.69) is 21.2 Å². The van der Waals surface area contributed by atoms with Crippen LogP contribution in [0.5, 0.6) is 5.75 Å². The molecule has 1 aromatic heterocycles. The Bertz CT molecular complexity index is 808. The van der Waals surface area contributed by atoms with E-state index in [1.54, 1.807) is 16.8 Å². The summed E-state index contributed by atoms with van der Waals surface area (Å²) in [4.78, 5) is 26.6. The minimum absolute atomic E-state index is 0. The van der Waals surface area contributed by atoms with Crippen molar-refractivity contribution in [3.8, 4) is 5.75 Å². The van der Waals surface area contributed by atoms with Gasteiger partial charge >= 0.3 is 0 Å². The highest BCUT2D eigenvalue weighted by Crippen LogP contribution is 2.21. The van der Waals surface area contributed by atoms with Gasteiger partial charge < -0.3 is 19.5 Å². The van der Waals surface area contributed by atoms with Crippen molar-refractivity contribution in [2.45, 2.75) is 19.6 Å². The molecule has 0 radical (unpaired) electrons. The monoisotopic (exact) mass is 455 g/mol. The Morgan fingerprint density at radius 1 is 1.15 bits per heavy atom. The Balaban J connectivity index is 0.00000261. The number of hydrogen-bond acceptors (Lipinski definition) is 4. The first-order valence-electron chi connectivity index (χ1n) is 8.69. The Kier molecular flexibility index (Phi) is 8.34. The van der Waals surface area contributed by atoms with E-state index in [4.69, 9.17) is 4.74 Å². The standard InChI is InChI=1S/C19H22BrN3O3.ClH/c20-18-16(26-14-15-4-2-1-3-5-15)6-10-23(19(18)25)11-7-17(24)22-12-8-21-9-13-22;/h1-6,10,21H,7-9,11-14H2;1H. The molecule has 1 aliphatic heterocycles. The molecule has 0 saturated carbocycles. The second-order valence-electron chi connectivity index (χ2n) is 6.15. The zero-order chi connectivity index (χ0) is 18.4. The summed E-state index contributed by atoms with van der Waals surface area (Å²) in [6, 6.07) is 11.5. The highest BCUT2D eigenvalue weighted by atomic mass is 79.9. The molecule has 6 nitrogen and oxygen atoms in total. The molecule has 1 aromatic carbocycles. The van der Waals surface area contributed by atoms with Gasteiger partial charge in [-0.2, -0.15) is 0 Å². The molecule has 0 aliphatic carbocycles. The molecule has 1 aliphatic rings. The summed E-state index contributed by atoms with van der Waals surface area (Å²) in [5.41, 5.74) is 0.842. The molecule has 146 valence electrons. The lowest BCUT2D eigenvalue weighted by molar-refractivity contribution is -0.132. The molecule has 0 atom stereocenters. The van der Waals surface area contributed by atoms with Crippen molar-refractivity contribution < 1.29 is 9.53 Å². The first-order chi connectivity index (χ1) is 12.6. The SMILES string of the molecule is Cl.O=C(CCn1ccc(OCc2ccccc2)c(Br)c1=O)N1CCNCC1. The average molecular weight is 457 g/mol. The summed E-state index contributed by atoms with van der Waals surface area (Å²) in [7, 11) is 0. The number of ether oxygens (including phenoxy) is 1. The van der Waals surface area contributed by atoms with Crippen LogP contribution in [0.4, 0.5) is 0 Å². The molecule has 27 heavy (non-hydrogen) atoms. The van der Waals surface area contributed by atoms with Crippen LogP contribution < -0.4 is 15.6 Å². The maximum absolute atomic E-state index is 12.5. The van der Waals surface area contributed by atoms with Gasteiger partial charge in [0.15, 0.2) is 0 Å². The Morgan fingerprint density at radius 2 is 1.85 bits per heavy atom. The predicted octanol–water partition coefficient (Wildman–Crippen LogP) is 2.43. The first kappa shape index (κ1) is 21.5. The largest absolute Gasteiger partial charge is 0.487 e. The molecule has 3 rings (SSSR count). The average Bonchev–Trinajstić information content (AvgIpc) is 2.69. The quantitative estimate of drug-likeness (QED) is 0.725. The van der Waals surface area contributed by atoms with Crippen LogP contribution in [0.1, 0.15) is 12.0 Å². The van der Waals surface area contributed by atoms with Gasteiger partial charge in [-0.3, -0.25) is 9.59 Å². The van der Waals surface area contributed by atoms with Gasteiger partial charge in [-0.25, -0.2) is 0 Å². The van der Waals surface area contributed by atoms with Crippen LogP contribution in [-0.4, -0.2) is 41.6 Å². The lowest BCUT2D eigenvalue weighted by Gasteiger charge is -2.27. The fourth-order valence-electron chi connectivity index (χ4n) is 2.84. The number of aromatic nitrogens is 1. The Hall–Kier alpha value is -1.83. The van der Waals surface area contributed by atoms with Crippen molar-refractivity contribution in [2.24, 2.45) is 0 Å². The number of carbonyl (C=O) groups excluding carboxylic acids is 1. The number of nitrogens with zero attached hydrogens (tertiary/aromatic N) is 2. The maximum atomic E-state index is 12.5. The summed E-state index contributed by atoms with van der Waals surface area (Å²) in [5, 5.41) is 3.22. The number of nitrogens with one attached hydrogen (secondary N) is 1. The number of halogens is 2. The molecule has 2 aromatic rings.